The second kappa shape index (κ2) is 6.45. The van der Waals surface area contributed by atoms with Crippen LogP contribution in [0.3, 0.4) is 0 Å². The van der Waals surface area contributed by atoms with Crippen LogP contribution in [0.25, 0.3) is 0 Å². The number of halogens is 2. The minimum atomic E-state index is -2.55. The number of hydrogen-bond donors (Lipinski definition) is 1. The molecule has 0 aliphatic heterocycles. The average molecular weight is 296 g/mol. The first-order valence-electron chi connectivity index (χ1n) is 6.07. The first-order valence-corrected chi connectivity index (χ1v) is 6.07. The molecule has 1 atom stereocenters. The molecule has 2 rings (SSSR count). The fourth-order valence-electron chi connectivity index (χ4n) is 1.78. The van der Waals surface area contributed by atoms with E-state index in [1.807, 2.05) is 0 Å². The van der Waals surface area contributed by atoms with Crippen molar-refractivity contribution in [1.29, 1.82) is 0 Å². The summed E-state index contributed by atoms with van der Waals surface area (Å²) in [5.74, 6) is 0.357. The van der Waals surface area contributed by atoms with Gasteiger partial charge in [-0.25, -0.2) is 13.8 Å². The molecule has 0 radical (unpaired) electrons. The van der Waals surface area contributed by atoms with Crippen LogP contribution in [0, 0.1) is 0 Å². The fourth-order valence-corrected chi connectivity index (χ4v) is 1.78. The van der Waals surface area contributed by atoms with Gasteiger partial charge in [-0.3, -0.25) is 0 Å². The molecule has 0 spiro atoms. The first-order chi connectivity index (χ1) is 10.1. The molecule has 0 saturated carbocycles. The quantitative estimate of drug-likeness (QED) is 0.918. The molecule has 5 nitrogen and oxygen atoms in total. The fraction of sp³-hybridized carbons (Fsp3) is 0.286. The molecule has 21 heavy (non-hydrogen) atoms. The zero-order chi connectivity index (χ0) is 15.4. The third-order valence-corrected chi connectivity index (χ3v) is 2.91. The van der Waals surface area contributed by atoms with E-state index in [1.54, 1.807) is 0 Å². The summed E-state index contributed by atoms with van der Waals surface area (Å²) >= 11 is 0. The van der Waals surface area contributed by atoms with E-state index in [9.17, 15) is 13.9 Å². The molecule has 0 aliphatic rings. The molecule has 112 valence electrons. The molecule has 1 heterocycles. The monoisotopic (exact) mass is 296 g/mol. The maximum atomic E-state index is 12.5. The summed E-state index contributed by atoms with van der Waals surface area (Å²) in [5.41, 5.74) is 0.485. The molecule has 2 aromatic rings. The van der Waals surface area contributed by atoms with Crippen LogP contribution in [-0.2, 0) is 0 Å². The minimum absolute atomic E-state index is 0.111. The Hall–Kier alpha value is -2.28. The van der Waals surface area contributed by atoms with Crippen LogP contribution in [0.15, 0.2) is 30.5 Å². The Morgan fingerprint density at radius 2 is 1.67 bits per heavy atom. The summed E-state index contributed by atoms with van der Waals surface area (Å²) in [6.45, 7) is 0. The Kier molecular flexibility index (Phi) is 4.64. The second-order valence-electron chi connectivity index (χ2n) is 4.18. The van der Waals surface area contributed by atoms with Gasteiger partial charge in [-0.05, 0) is 5.56 Å². The van der Waals surface area contributed by atoms with E-state index in [4.69, 9.17) is 9.47 Å². The topological polar surface area (TPSA) is 64.5 Å². The van der Waals surface area contributed by atoms with E-state index < -0.39 is 12.5 Å². The molecule has 1 N–H and O–H groups in total. The number of methoxy groups -OCH3 is 2. The van der Waals surface area contributed by atoms with Gasteiger partial charge in [-0.1, -0.05) is 24.3 Å². The number of alkyl halides is 2. The van der Waals surface area contributed by atoms with Crippen LogP contribution in [-0.4, -0.2) is 29.3 Å². The van der Waals surface area contributed by atoms with Gasteiger partial charge < -0.3 is 14.6 Å². The summed E-state index contributed by atoms with van der Waals surface area (Å²) in [5, 5.41) is 10.3. The lowest BCUT2D eigenvalue weighted by Crippen LogP contribution is -2.07. The van der Waals surface area contributed by atoms with E-state index in [1.165, 1.54) is 44.7 Å². The Balaban J connectivity index is 2.32. The lowest BCUT2D eigenvalue weighted by Gasteiger charge is -2.14. The van der Waals surface area contributed by atoms with Gasteiger partial charge in [0.1, 0.15) is 11.8 Å². The third-order valence-electron chi connectivity index (χ3n) is 2.91. The van der Waals surface area contributed by atoms with E-state index in [2.05, 4.69) is 9.97 Å². The van der Waals surface area contributed by atoms with Crippen LogP contribution in [0.1, 0.15) is 29.4 Å². The highest BCUT2D eigenvalue weighted by molar-refractivity contribution is 5.34. The largest absolute Gasteiger partial charge is 0.480 e. The van der Waals surface area contributed by atoms with Crippen LogP contribution < -0.4 is 9.47 Å². The van der Waals surface area contributed by atoms with Gasteiger partial charge in [0.05, 0.1) is 20.4 Å². The summed E-state index contributed by atoms with van der Waals surface area (Å²) in [6.07, 6.45) is -2.34. The van der Waals surface area contributed by atoms with Crippen molar-refractivity contribution in [1.82, 2.24) is 9.97 Å². The molecule has 1 aromatic carbocycles. The Labute approximate surface area is 120 Å². The van der Waals surface area contributed by atoms with Crippen LogP contribution in [0.5, 0.6) is 11.8 Å². The van der Waals surface area contributed by atoms with Gasteiger partial charge in [0, 0.05) is 5.56 Å². The number of hydrogen-bond acceptors (Lipinski definition) is 5. The average Bonchev–Trinajstić information content (AvgIpc) is 2.53. The number of aliphatic hydroxyl groups excluding tert-OH is 1. The van der Waals surface area contributed by atoms with E-state index in [0.29, 0.717) is 5.56 Å². The number of ether oxygens (including phenoxy) is 2. The van der Waals surface area contributed by atoms with Gasteiger partial charge in [0.25, 0.3) is 6.43 Å². The minimum Gasteiger partial charge on any atom is -0.480 e. The number of rotatable bonds is 5. The summed E-state index contributed by atoms with van der Waals surface area (Å²) in [7, 11) is 2.82. The number of nitrogens with zero attached hydrogens (tertiary/aromatic N) is 2. The van der Waals surface area contributed by atoms with Gasteiger partial charge in [-0.15, -0.1) is 0 Å². The van der Waals surface area contributed by atoms with Crippen molar-refractivity contribution in [2.45, 2.75) is 12.5 Å². The highest BCUT2D eigenvalue weighted by Crippen LogP contribution is 2.29. The zero-order valence-electron chi connectivity index (χ0n) is 11.5. The van der Waals surface area contributed by atoms with Crippen LogP contribution in [0.4, 0.5) is 8.78 Å². The maximum absolute atomic E-state index is 12.5. The van der Waals surface area contributed by atoms with Gasteiger partial charge >= 0.3 is 0 Å². The molecular weight excluding hydrogens is 282 g/mol. The third kappa shape index (κ3) is 3.25. The van der Waals surface area contributed by atoms with Crippen molar-refractivity contribution in [2.75, 3.05) is 14.2 Å². The van der Waals surface area contributed by atoms with Crippen molar-refractivity contribution < 1.29 is 23.4 Å². The molecule has 0 aliphatic carbocycles. The van der Waals surface area contributed by atoms with Crippen molar-refractivity contribution in [3.05, 3.63) is 47.3 Å². The second-order valence-corrected chi connectivity index (χ2v) is 4.18. The van der Waals surface area contributed by atoms with Crippen molar-refractivity contribution >= 4 is 0 Å². The Morgan fingerprint density at radius 3 is 2.19 bits per heavy atom. The summed E-state index contributed by atoms with van der Waals surface area (Å²) in [4.78, 5) is 8.06. The molecule has 0 fully saturated rings. The predicted octanol–water partition coefficient (Wildman–Crippen LogP) is 2.51. The van der Waals surface area contributed by atoms with E-state index in [-0.39, 0.29) is 23.0 Å². The van der Waals surface area contributed by atoms with Crippen LogP contribution >= 0.6 is 0 Å². The molecular formula is C14H14F2N2O3. The SMILES string of the molecule is COc1cnc(C(O)c2ccc(C(F)F)cc2)c(OC)n1. The smallest absolute Gasteiger partial charge is 0.263 e. The van der Waals surface area contributed by atoms with Gasteiger partial charge in [-0.2, -0.15) is 4.98 Å². The highest BCUT2D eigenvalue weighted by atomic mass is 19.3. The summed E-state index contributed by atoms with van der Waals surface area (Å²) in [6, 6.07) is 5.34. The number of benzene rings is 1. The first kappa shape index (κ1) is 15.1. The van der Waals surface area contributed by atoms with Gasteiger partial charge in [0.2, 0.25) is 11.8 Å². The van der Waals surface area contributed by atoms with E-state index >= 15 is 0 Å². The Morgan fingerprint density at radius 1 is 1.05 bits per heavy atom. The maximum Gasteiger partial charge on any atom is 0.263 e. The van der Waals surface area contributed by atoms with Crippen molar-refractivity contribution in [3.63, 3.8) is 0 Å². The van der Waals surface area contributed by atoms with Crippen molar-refractivity contribution in [2.24, 2.45) is 0 Å². The highest BCUT2D eigenvalue weighted by Gasteiger charge is 2.20. The lowest BCUT2D eigenvalue weighted by atomic mass is 10.0. The zero-order valence-corrected chi connectivity index (χ0v) is 11.5. The number of aliphatic hydroxyl groups is 1. The molecule has 1 unspecified atom stereocenters. The molecule has 0 saturated heterocycles. The molecule has 1 aromatic heterocycles. The lowest BCUT2D eigenvalue weighted by molar-refractivity contribution is 0.151. The molecule has 0 amide bonds. The van der Waals surface area contributed by atoms with Gasteiger partial charge in [0.15, 0.2) is 0 Å². The normalized spacial score (nSPS) is 12.3. The molecule has 0 bridgehead atoms. The van der Waals surface area contributed by atoms with Crippen molar-refractivity contribution in [3.8, 4) is 11.8 Å². The standard InChI is InChI=1S/C14H14F2N2O3/c1-20-10-7-17-11(14(18-10)21-2)12(19)8-3-5-9(6-4-8)13(15)16/h3-7,12-13,19H,1-2H3. The predicted molar refractivity (Wildman–Crippen MR) is 70.6 cm³/mol. The van der Waals surface area contributed by atoms with Crippen LogP contribution in [0.2, 0.25) is 0 Å². The summed E-state index contributed by atoms with van der Waals surface area (Å²) < 4.78 is 35.0. The van der Waals surface area contributed by atoms with E-state index in [0.717, 1.165) is 0 Å². The Bertz CT molecular complexity index is 606. The number of aromatic nitrogens is 2. The molecule has 7 heteroatoms.